The summed E-state index contributed by atoms with van der Waals surface area (Å²) in [6.45, 7) is 8.95. The summed E-state index contributed by atoms with van der Waals surface area (Å²) in [5, 5.41) is 1.82. The van der Waals surface area contributed by atoms with Gasteiger partial charge in [0.1, 0.15) is 0 Å². The summed E-state index contributed by atoms with van der Waals surface area (Å²) in [5.74, 6) is 0.735. The zero-order valence-electron chi connectivity index (χ0n) is 8.20. The van der Waals surface area contributed by atoms with Gasteiger partial charge in [-0.2, -0.15) is 0 Å². The first-order chi connectivity index (χ1) is 5.58. The summed E-state index contributed by atoms with van der Waals surface area (Å²) in [6.07, 6.45) is 1.15. The monoisotopic (exact) mass is 203 g/mol. The normalized spacial score (nSPS) is 30.6. The number of hydrogen-bond acceptors (Lipinski definition) is 3. The van der Waals surface area contributed by atoms with E-state index >= 15 is 0 Å². The van der Waals surface area contributed by atoms with Gasteiger partial charge in [0.25, 0.3) is 0 Å². The van der Waals surface area contributed by atoms with Gasteiger partial charge in [-0.1, -0.05) is 25.6 Å². The lowest BCUT2D eigenvalue weighted by atomic mass is 10.1. The second-order valence-corrected chi connectivity index (χ2v) is 6.92. The molecule has 0 amide bonds. The molecule has 1 aliphatic rings. The van der Waals surface area contributed by atoms with Gasteiger partial charge in [0.15, 0.2) is 0 Å². The van der Waals surface area contributed by atoms with E-state index in [-0.39, 0.29) is 0 Å². The molecule has 0 fully saturated rings. The maximum Gasteiger partial charge on any atom is 0.0943 e. The summed E-state index contributed by atoms with van der Waals surface area (Å²) in [6, 6.07) is 0. The van der Waals surface area contributed by atoms with Crippen LogP contribution < -0.4 is 0 Å². The van der Waals surface area contributed by atoms with Crippen molar-refractivity contribution in [1.82, 2.24) is 0 Å². The van der Waals surface area contributed by atoms with Crippen LogP contribution in [0, 0.1) is 5.92 Å². The van der Waals surface area contributed by atoms with E-state index in [0.29, 0.717) is 9.96 Å². The van der Waals surface area contributed by atoms with Crippen LogP contribution in [0.25, 0.3) is 0 Å². The fourth-order valence-corrected chi connectivity index (χ4v) is 4.09. The molecule has 0 aliphatic carbocycles. The van der Waals surface area contributed by atoms with Gasteiger partial charge in [-0.05, 0) is 26.2 Å². The SMILES string of the molecule is CC(C)CC1=N[C@H](C)S[C@H](C)S1. The highest BCUT2D eigenvalue weighted by molar-refractivity contribution is 8.25. The van der Waals surface area contributed by atoms with Crippen LogP contribution in [-0.2, 0) is 0 Å². The summed E-state index contributed by atoms with van der Waals surface area (Å²) < 4.78 is 0.686. The van der Waals surface area contributed by atoms with Crippen LogP contribution in [0.15, 0.2) is 4.99 Å². The molecule has 0 aromatic heterocycles. The van der Waals surface area contributed by atoms with E-state index in [1.807, 2.05) is 23.5 Å². The topological polar surface area (TPSA) is 12.4 Å². The minimum atomic E-state index is 0.468. The molecule has 2 atom stereocenters. The van der Waals surface area contributed by atoms with Gasteiger partial charge >= 0.3 is 0 Å². The molecule has 1 aliphatic heterocycles. The molecule has 0 N–H and O–H groups in total. The summed E-state index contributed by atoms with van der Waals surface area (Å²) in [5.41, 5.74) is 0. The fraction of sp³-hybridized carbons (Fsp3) is 0.889. The van der Waals surface area contributed by atoms with E-state index in [4.69, 9.17) is 0 Å². The van der Waals surface area contributed by atoms with Crippen molar-refractivity contribution in [2.45, 2.75) is 44.1 Å². The van der Waals surface area contributed by atoms with E-state index in [0.717, 1.165) is 12.3 Å². The lowest BCUT2D eigenvalue weighted by Gasteiger charge is -2.22. The van der Waals surface area contributed by atoms with Crippen molar-refractivity contribution in [2.24, 2.45) is 10.9 Å². The molecule has 0 unspecified atom stereocenters. The first-order valence-electron chi connectivity index (χ1n) is 4.46. The van der Waals surface area contributed by atoms with E-state index < -0.39 is 0 Å². The molecule has 12 heavy (non-hydrogen) atoms. The third-order valence-corrected chi connectivity index (χ3v) is 3.98. The number of hydrogen-bond donors (Lipinski definition) is 0. The second kappa shape index (κ2) is 4.56. The number of aliphatic imine (C=N–C) groups is 1. The third-order valence-electron chi connectivity index (χ3n) is 1.60. The predicted molar refractivity (Wildman–Crippen MR) is 61.0 cm³/mol. The van der Waals surface area contributed by atoms with Crippen molar-refractivity contribution in [3.05, 3.63) is 0 Å². The molecule has 1 rings (SSSR count). The Hall–Kier alpha value is 0.370. The largest absolute Gasteiger partial charge is 0.269 e. The van der Waals surface area contributed by atoms with Crippen molar-refractivity contribution < 1.29 is 0 Å². The second-order valence-electron chi connectivity index (χ2n) is 3.54. The van der Waals surface area contributed by atoms with Gasteiger partial charge in [-0.15, -0.1) is 11.8 Å². The molecule has 70 valence electrons. The molecule has 0 saturated carbocycles. The summed E-state index contributed by atoms with van der Waals surface area (Å²) in [4.78, 5) is 4.62. The highest BCUT2D eigenvalue weighted by Crippen LogP contribution is 2.35. The highest BCUT2D eigenvalue weighted by Gasteiger charge is 2.18. The van der Waals surface area contributed by atoms with E-state index in [1.165, 1.54) is 5.04 Å². The van der Waals surface area contributed by atoms with Crippen molar-refractivity contribution in [3.63, 3.8) is 0 Å². The lowest BCUT2D eigenvalue weighted by Crippen LogP contribution is -2.13. The quantitative estimate of drug-likeness (QED) is 0.680. The predicted octanol–water partition coefficient (Wildman–Crippen LogP) is 3.60. The Bertz CT molecular complexity index is 177. The van der Waals surface area contributed by atoms with Crippen LogP contribution in [0.3, 0.4) is 0 Å². The molecule has 0 spiro atoms. The molecule has 1 heterocycles. The Morgan fingerprint density at radius 2 is 2.08 bits per heavy atom. The molecule has 0 aromatic carbocycles. The average Bonchev–Trinajstić information content (AvgIpc) is 1.81. The smallest absolute Gasteiger partial charge is 0.0943 e. The summed E-state index contributed by atoms with van der Waals surface area (Å²) in [7, 11) is 0. The molecule has 1 nitrogen and oxygen atoms in total. The summed E-state index contributed by atoms with van der Waals surface area (Å²) >= 11 is 3.88. The zero-order valence-corrected chi connectivity index (χ0v) is 9.84. The maximum atomic E-state index is 4.62. The number of rotatable bonds is 2. The van der Waals surface area contributed by atoms with Crippen LogP contribution in [0.5, 0.6) is 0 Å². The van der Waals surface area contributed by atoms with E-state index in [2.05, 4.69) is 32.7 Å². The fourth-order valence-electron chi connectivity index (χ4n) is 1.21. The lowest BCUT2D eigenvalue weighted by molar-refractivity contribution is 0.686. The molecule has 0 radical (unpaired) electrons. The van der Waals surface area contributed by atoms with Gasteiger partial charge in [0.2, 0.25) is 0 Å². The van der Waals surface area contributed by atoms with Gasteiger partial charge in [-0.25, -0.2) is 0 Å². The average molecular weight is 203 g/mol. The molecular formula is C9H17NS2. The Kier molecular flexibility index (Phi) is 3.97. The Morgan fingerprint density at radius 3 is 2.58 bits per heavy atom. The van der Waals surface area contributed by atoms with Crippen molar-refractivity contribution in [1.29, 1.82) is 0 Å². The van der Waals surface area contributed by atoms with Crippen molar-refractivity contribution in [3.8, 4) is 0 Å². The molecular weight excluding hydrogens is 186 g/mol. The maximum absolute atomic E-state index is 4.62. The first-order valence-corrected chi connectivity index (χ1v) is 6.29. The zero-order chi connectivity index (χ0) is 9.14. The standard InChI is InChI=1S/C9H17NS2/c1-6(2)5-9-10-7(3)11-8(4)12-9/h6-8H,5H2,1-4H3/t7-,8-/m0/s1. The van der Waals surface area contributed by atoms with Gasteiger partial charge < -0.3 is 0 Å². The Labute approximate surface area is 83.8 Å². The van der Waals surface area contributed by atoms with E-state index in [9.17, 15) is 0 Å². The molecule has 0 saturated heterocycles. The minimum Gasteiger partial charge on any atom is -0.269 e. The van der Waals surface area contributed by atoms with Crippen molar-refractivity contribution >= 4 is 28.6 Å². The van der Waals surface area contributed by atoms with Gasteiger partial charge in [0.05, 0.1) is 15.0 Å². The Morgan fingerprint density at radius 1 is 1.42 bits per heavy atom. The van der Waals surface area contributed by atoms with E-state index in [1.54, 1.807) is 0 Å². The highest BCUT2D eigenvalue weighted by atomic mass is 32.2. The van der Waals surface area contributed by atoms with Gasteiger partial charge in [-0.3, -0.25) is 4.99 Å². The molecule has 0 aromatic rings. The number of thioether (sulfide) groups is 2. The van der Waals surface area contributed by atoms with Crippen LogP contribution in [0.2, 0.25) is 0 Å². The third kappa shape index (κ3) is 3.40. The van der Waals surface area contributed by atoms with Crippen molar-refractivity contribution in [2.75, 3.05) is 0 Å². The van der Waals surface area contributed by atoms with Crippen LogP contribution in [-0.4, -0.2) is 15.0 Å². The minimum absolute atomic E-state index is 0.468. The molecule has 0 bridgehead atoms. The van der Waals surface area contributed by atoms with Crippen LogP contribution in [0.1, 0.15) is 34.1 Å². The number of nitrogens with zero attached hydrogens (tertiary/aromatic N) is 1. The Balaban J connectivity index is 2.51. The van der Waals surface area contributed by atoms with Gasteiger partial charge in [0, 0.05) is 0 Å². The first kappa shape index (κ1) is 10.5. The van der Waals surface area contributed by atoms with Crippen LogP contribution in [0.4, 0.5) is 0 Å². The molecule has 3 heteroatoms. The van der Waals surface area contributed by atoms with Crippen LogP contribution >= 0.6 is 23.5 Å².